The van der Waals surface area contributed by atoms with Crippen molar-refractivity contribution in [3.05, 3.63) is 127 Å². The maximum absolute atomic E-state index is 10.9. The van der Waals surface area contributed by atoms with Gasteiger partial charge >= 0.3 is 0 Å². The molecule has 4 rings (SSSR count). The van der Waals surface area contributed by atoms with E-state index in [1.165, 1.54) is 24.3 Å². The van der Waals surface area contributed by atoms with Crippen LogP contribution in [0.4, 0.5) is 11.4 Å². The first-order chi connectivity index (χ1) is 16.8. The number of hydrogen-bond donors (Lipinski definition) is 0. The highest BCUT2D eigenvalue weighted by Crippen LogP contribution is 2.34. The van der Waals surface area contributed by atoms with E-state index in [4.69, 9.17) is 9.47 Å². The lowest BCUT2D eigenvalue weighted by molar-refractivity contribution is -0.385. The first-order valence-electron chi connectivity index (χ1n) is 10.8. The molecule has 8 heteroatoms. The predicted octanol–water partition coefficient (Wildman–Crippen LogP) is 7.30. The third-order valence-corrected chi connectivity index (χ3v) is 5.36. The Morgan fingerprint density at radius 3 is 1.31 bits per heavy atom. The van der Waals surface area contributed by atoms with Crippen LogP contribution in [0, 0.1) is 34.1 Å². The number of rotatable bonds is 8. The summed E-state index contributed by atoms with van der Waals surface area (Å²) in [6, 6.07) is 23.6. The first kappa shape index (κ1) is 23.4. The van der Waals surface area contributed by atoms with Crippen molar-refractivity contribution < 1.29 is 19.3 Å². The lowest BCUT2D eigenvalue weighted by atomic mass is 9.99. The van der Waals surface area contributed by atoms with Gasteiger partial charge in [0.15, 0.2) is 0 Å². The fourth-order valence-corrected chi connectivity index (χ4v) is 3.62. The van der Waals surface area contributed by atoms with Crippen LogP contribution >= 0.6 is 0 Å². The van der Waals surface area contributed by atoms with E-state index in [0.717, 1.165) is 22.3 Å². The van der Waals surface area contributed by atoms with Crippen molar-refractivity contribution in [2.24, 2.45) is 0 Å². The summed E-state index contributed by atoms with van der Waals surface area (Å²) in [5, 5.41) is 21.9. The highest BCUT2D eigenvalue weighted by Gasteiger charge is 2.13. The maximum atomic E-state index is 10.9. The summed E-state index contributed by atoms with van der Waals surface area (Å²) < 4.78 is 12.1. The highest BCUT2D eigenvalue weighted by atomic mass is 16.6. The van der Waals surface area contributed by atoms with Gasteiger partial charge in [0.1, 0.15) is 23.0 Å². The van der Waals surface area contributed by atoms with Crippen LogP contribution in [0.25, 0.3) is 0 Å². The average Bonchev–Trinajstić information content (AvgIpc) is 2.83. The van der Waals surface area contributed by atoms with E-state index in [1.807, 2.05) is 50.2 Å². The number of benzene rings is 4. The summed E-state index contributed by atoms with van der Waals surface area (Å²) in [5.74, 6) is 2.25. The van der Waals surface area contributed by atoms with Crippen molar-refractivity contribution in [2.75, 3.05) is 0 Å². The van der Waals surface area contributed by atoms with Crippen LogP contribution in [0.1, 0.15) is 22.3 Å². The summed E-state index contributed by atoms with van der Waals surface area (Å²) in [4.78, 5) is 20.9. The first-order valence-corrected chi connectivity index (χ1v) is 10.8. The normalized spacial score (nSPS) is 10.6. The van der Waals surface area contributed by atoms with Gasteiger partial charge in [0.2, 0.25) is 0 Å². The summed E-state index contributed by atoms with van der Waals surface area (Å²) >= 11 is 0. The zero-order valence-corrected chi connectivity index (χ0v) is 19.1. The Balaban J connectivity index is 1.62. The summed E-state index contributed by atoms with van der Waals surface area (Å²) in [6.07, 6.45) is 0.508. The maximum Gasteiger partial charge on any atom is 0.269 e. The average molecular weight is 470 g/mol. The van der Waals surface area contributed by atoms with Gasteiger partial charge in [-0.2, -0.15) is 0 Å². The molecule has 176 valence electrons. The molecule has 0 N–H and O–H groups in total. The number of nitro groups is 2. The number of hydrogen-bond acceptors (Lipinski definition) is 6. The molecule has 0 bridgehead atoms. The molecule has 0 amide bonds. The Labute approximate surface area is 201 Å². The van der Waals surface area contributed by atoms with E-state index in [2.05, 4.69) is 0 Å². The number of non-ortho nitro benzene ring substituents is 2. The Hall–Kier alpha value is -4.72. The summed E-state index contributed by atoms with van der Waals surface area (Å²) in [7, 11) is 0. The van der Waals surface area contributed by atoms with Crippen molar-refractivity contribution in [1.29, 1.82) is 0 Å². The molecule has 0 heterocycles. The number of aryl methyl sites for hydroxylation is 2. The van der Waals surface area contributed by atoms with E-state index in [1.54, 1.807) is 24.3 Å². The topological polar surface area (TPSA) is 105 Å². The molecule has 0 atom stereocenters. The van der Waals surface area contributed by atoms with Crippen LogP contribution in [-0.4, -0.2) is 9.85 Å². The molecule has 0 aliphatic rings. The van der Waals surface area contributed by atoms with Crippen LogP contribution in [0.3, 0.4) is 0 Å². The second-order valence-corrected chi connectivity index (χ2v) is 8.11. The van der Waals surface area contributed by atoms with Crippen molar-refractivity contribution in [3.8, 4) is 23.0 Å². The molecule has 35 heavy (non-hydrogen) atoms. The molecule has 0 aliphatic heterocycles. The van der Waals surface area contributed by atoms with E-state index < -0.39 is 9.85 Å². The summed E-state index contributed by atoms with van der Waals surface area (Å²) in [6.45, 7) is 3.98. The second kappa shape index (κ2) is 10.0. The molecule has 0 fully saturated rings. The van der Waals surface area contributed by atoms with Gasteiger partial charge in [0, 0.05) is 30.7 Å². The SMILES string of the molecule is Cc1ccc(Oc2ccc([N+](=O)[O-])cc2)c(Cc2cc(C)ccc2Oc2ccc([N+](=O)[O-])cc2)c1. The zero-order valence-electron chi connectivity index (χ0n) is 19.1. The molecule has 4 aromatic carbocycles. The zero-order chi connectivity index (χ0) is 24.9. The molecule has 0 spiro atoms. The molecular formula is C27H22N2O6. The van der Waals surface area contributed by atoms with Crippen molar-refractivity contribution in [1.82, 2.24) is 0 Å². The quantitative estimate of drug-likeness (QED) is 0.198. The van der Waals surface area contributed by atoms with Gasteiger partial charge in [-0.1, -0.05) is 35.4 Å². The van der Waals surface area contributed by atoms with E-state index >= 15 is 0 Å². The fourth-order valence-electron chi connectivity index (χ4n) is 3.62. The van der Waals surface area contributed by atoms with Crippen LogP contribution in [-0.2, 0) is 6.42 Å². The Bertz CT molecular complexity index is 1280. The third-order valence-electron chi connectivity index (χ3n) is 5.36. The molecule has 0 saturated carbocycles. The monoisotopic (exact) mass is 470 g/mol. The largest absolute Gasteiger partial charge is 0.457 e. The standard InChI is InChI=1S/C27H22N2O6/c1-18-3-13-26(34-24-9-5-22(6-10-24)28(30)31)20(15-18)17-21-16-19(2)4-14-27(21)35-25-11-7-23(8-12-25)29(32)33/h3-16H,17H2,1-2H3. The molecular weight excluding hydrogens is 448 g/mol. The molecule has 4 aromatic rings. The van der Waals surface area contributed by atoms with Crippen molar-refractivity contribution >= 4 is 11.4 Å². The van der Waals surface area contributed by atoms with Gasteiger partial charge in [-0.05, 0) is 61.4 Å². The van der Waals surface area contributed by atoms with Crippen LogP contribution < -0.4 is 9.47 Å². The third kappa shape index (κ3) is 5.80. The smallest absolute Gasteiger partial charge is 0.269 e. The van der Waals surface area contributed by atoms with E-state index in [0.29, 0.717) is 29.4 Å². The molecule has 0 aliphatic carbocycles. The molecule has 0 radical (unpaired) electrons. The van der Waals surface area contributed by atoms with E-state index in [-0.39, 0.29) is 11.4 Å². The van der Waals surface area contributed by atoms with Gasteiger partial charge in [-0.3, -0.25) is 20.2 Å². The fraction of sp³-hybridized carbons (Fsp3) is 0.111. The molecule has 8 nitrogen and oxygen atoms in total. The number of ether oxygens (including phenoxy) is 2. The van der Waals surface area contributed by atoms with Gasteiger partial charge in [-0.25, -0.2) is 0 Å². The molecule has 0 saturated heterocycles. The van der Waals surface area contributed by atoms with Crippen LogP contribution in [0.2, 0.25) is 0 Å². The van der Waals surface area contributed by atoms with Gasteiger partial charge in [0.25, 0.3) is 11.4 Å². The lowest BCUT2D eigenvalue weighted by Gasteiger charge is -2.16. The van der Waals surface area contributed by atoms with Gasteiger partial charge < -0.3 is 9.47 Å². The molecule has 0 aromatic heterocycles. The lowest BCUT2D eigenvalue weighted by Crippen LogP contribution is -1.98. The Morgan fingerprint density at radius 2 is 0.971 bits per heavy atom. The van der Waals surface area contributed by atoms with Crippen LogP contribution in [0.15, 0.2) is 84.9 Å². The Morgan fingerprint density at radius 1 is 0.600 bits per heavy atom. The molecule has 0 unspecified atom stereocenters. The minimum absolute atomic E-state index is 0.00530. The number of nitro benzene ring substituents is 2. The highest BCUT2D eigenvalue weighted by molar-refractivity contribution is 5.49. The Kier molecular flexibility index (Phi) is 6.73. The minimum atomic E-state index is -0.453. The number of nitrogens with zero attached hydrogens (tertiary/aromatic N) is 2. The summed E-state index contributed by atoms with van der Waals surface area (Å²) in [5.41, 5.74) is 3.94. The van der Waals surface area contributed by atoms with Crippen molar-refractivity contribution in [2.45, 2.75) is 20.3 Å². The second-order valence-electron chi connectivity index (χ2n) is 8.11. The van der Waals surface area contributed by atoms with Gasteiger partial charge in [0.05, 0.1) is 9.85 Å². The predicted molar refractivity (Wildman–Crippen MR) is 132 cm³/mol. The van der Waals surface area contributed by atoms with Crippen molar-refractivity contribution in [3.63, 3.8) is 0 Å². The van der Waals surface area contributed by atoms with Gasteiger partial charge in [-0.15, -0.1) is 0 Å². The van der Waals surface area contributed by atoms with Crippen LogP contribution in [0.5, 0.6) is 23.0 Å². The minimum Gasteiger partial charge on any atom is -0.457 e. The van der Waals surface area contributed by atoms with E-state index in [9.17, 15) is 20.2 Å².